The largest absolute Gasteiger partial charge is 0.258 e. The van der Waals surface area contributed by atoms with Crippen molar-refractivity contribution >= 4 is 22.6 Å². The number of nitrogens with zero attached hydrogens (tertiary/aromatic N) is 1. The first kappa shape index (κ1) is 29.1. The highest BCUT2D eigenvalue weighted by molar-refractivity contribution is 6.04. The van der Waals surface area contributed by atoms with E-state index in [1.165, 1.54) is 22.3 Å². The third-order valence-electron chi connectivity index (χ3n) is 7.47. The molecule has 0 aliphatic carbocycles. The highest BCUT2D eigenvalue weighted by Gasteiger charge is 2.27. The van der Waals surface area contributed by atoms with Gasteiger partial charge in [0, 0.05) is 5.71 Å². The van der Waals surface area contributed by atoms with Crippen molar-refractivity contribution in [2.45, 2.75) is 79.1 Å². The highest BCUT2D eigenvalue weighted by atomic mass is 14.8. The van der Waals surface area contributed by atoms with Crippen molar-refractivity contribution in [1.82, 2.24) is 0 Å². The van der Waals surface area contributed by atoms with Crippen molar-refractivity contribution in [1.29, 1.82) is 0 Å². The molecule has 0 fully saturated rings. The molecule has 0 radical (unpaired) electrons. The Labute approximate surface area is 231 Å². The van der Waals surface area contributed by atoms with Gasteiger partial charge in [-0.2, -0.15) is 0 Å². The van der Waals surface area contributed by atoms with Crippen molar-refractivity contribution in [2.75, 3.05) is 0 Å². The lowest BCUT2D eigenvalue weighted by atomic mass is 9.73. The zero-order chi connectivity index (χ0) is 28.1. The maximum atomic E-state index is 4.99. The minimum absolute atomic E-state index is 0.0481. The third-order valence-corrected chi connectivity index (χ3v) is 7.47. The van der Waals surface area contributed by atoms with E-state index in [9.17, 15) is 0 Å². The summed E-state index contributed by atoms with van der Waals surface area (Å²) in [7, 11) is 0. The molecule has 0 aliphatic rings. The van der Waals surface area contributed by atoms with Gasteiger partial charge in [-0.3, -0.25) is 4.99 Å². The molecular weight excluding hydrogens is 458 g/mol. The molecule has 1 heteroatoms. The lowest BCUT2D eigenvalue weighted by Gasteiger charge is -2.31. The normalized spacial score (nSPS) is 12.9. The number of aryl methyl sites for hydroxylation is 1. The zero-order valence-electron chi connectivity index (χ0n) is 24.8. The molecule has 3 aromatic rings. The van der Waals surface area contributed by atoms with Gasteiger partial charge in [-0.15, -0.1) is 0 Å². The maximum Gasteiger partial charge on any atom is 0.0658 e. The zero-order valence-corrected chi connectivity index (χ0v) is 24.8. The summed E-state index contributed by atoms with van der Waals surface area (Å²) in [4.78, 5) is 4.99. The fourth-order valence-electron chi connectivity index (χ4n) is 4.74. The third kappa shape index (κ3) is 7.10. The van der Waals surface area contributed by atoms with E-state index in [2.05, 4.69) is 141 Å². The van der Waals surface area contributed by atoms with Crippen molar-refractivity contribution in [2.24, 2.45) is 4.99 Å². The molecule has 198 valence electrons. The average Bonchev–Trinajstić information content (AvgIpc) is 2.90. The van der Waals surface area contributed by atoms with Crippen LogP contribution in [-0.2, 0) is 10.8 Å². The minimum Gasteiger partial charge on any atom is -0.258 e. The van der Waals surface area contributed by atoms with E-state index in [1.807, 2.05) is 6.07 Å². The van der Waals surface area contributed by atoms with Crippen LogP contribution in [0.1, 0.15) is 94.7 Å². The second-order valence-corrected chi connectivity index (χ2v) is 12.1. The van der Waals surface area contributed by atoms with Crippen LogP contribution in [0.25, 0.3) is 16.8 Å². The number of hydrogen-bond acceptors (Lipinski definition) is 1. The topological polar surface area (TPSA) is 12.4 Å². The standard InChI is InChI=1S/C37H45N/c1-11-35(31-15-13-12-14-16-31)38-27(3)23-24-37(9,10)34-22-21-32(36(6,7)8)25-33(34)29(5)28(4)30-19-17-26(2)18-20-30/h11-22,25H,4-5,23-24H2,1-3,6-10H3/b35-11-,38-27?. The van der Waals surface area contributed by atoms with Crippen LogP contribution in [0.3, 0.4) is 0 Å². The lowest BCUT2D eigenvalue weighted by Crippen LogP contribution is -2.22. The van der Waals surface area contributed by atoms with Gasteiger partial charge in [0.15, 0.2) is 0 Å². The van der Waals surface area contributed by atoms with Crippen molar-refractivity contribution < 1.29 is 0 Å². The SMILES string of the molecule is C=C(C(=C)c1cc(C(C)(C)C)ccc1C(C)(C)CCC(C)=N/C(=C\C)c1ccccc1)c1ccc(C)cc1. The van der Waals surface area contributed by atoms with E-state index < -0.39 is 0 Å². The van der Waals surface area contributed by atoms with E-state index in [-0.39, 0.29) is 10.8 Å². The molecule has 3 aromatic carbocycles. The van der Waals surface area contributed by atoms with Gasteiger partial charge in [-0.05, 0) is 83.4 Å². The van der Waals surface area contributed by atoms with E-state index in [0.717, 1.165) is 46.5 Å². The number of rotatable bonds is 9. The molecule has 0 unspecified atom stereocenters. The van der Waals surface area contributed by atoms with Crippen LogP contribution in [0.15, 0.2) is 97.0 Å². The van der Waals surface area contributed by atoms with Crippen molar-refractivity contribution in [3.8, 4) is 0 Å². The van der Waals surface area contributed by atoms with Crippen LogP contribution in [0.4, 0.5) is 0 Å². The molecule has 0 bridgehead atoms. The van der Waals surface area contributed by atoms with Gasteiger partial charge in [0.25, 0.3) is 0 Å². The molecule has 0 saturated carbocycles. The Morgan fingerprint density at radius 1 is 0.816 bits per heavy atom. The summed E-state index contributed by atoms with van der Waals surface area (Å²) >= 11 is 0. The molecule has 0 saturated heterocycles. The van der Waals surface area contributed by atoms with Gasteiger partial charge in [0.05, 0.1) is 5.70 Å². The summed E-state index contributed by atoms with van der Waals surface area (Å²) in [5, 5.41) is 0. The molecule has 0 N–H and O–H groups in total. The Morgan fingerprint density at radius 2 is 1.45 bits per heavy atom. The fourth-order valence-corrected chi connectivity index (χ4v) is 4.74. The smallest absolute Gasteiger partial charge is 0.0658 e. The van der Waals surface area contributed by atoms with E-state index in [0.29, 0.717) is 0 Å². The van der Waals surface area contributed by atoms with E-state index in [4.69, 9.17) is 4.99 Å². The minimum atomic E-state index is -0.0676. The Kier molecular flexibility index (Phi) is 9.15. The number of hydrogen-bond donors (Lipinski definition) is 0. The van der Waals surface area contributed by atoms with Crippen LogP contribution < -0.4 is 0 Å². The van der Waals surface area contributed by atoms with Crippen LogP contribution in [0.2, 0.25) is 0 Å². The predicted octanol–water partition coefficient (Wildman–Crippen LogP) is 10.6. The van der Waals surface area contributed by atoms with Gasteiger partial charge in [-0.25, -0.2) is 0 Å². The number of benzene rings is 3. The van der Waals surface area contributed by atoms with Crippen LogP contribution in [0, 0.1) is 6.92 Å². The first-order valence-corrected chi connectivity index (χ1v) is 13.7. The van der Waals surface area contributed by atoms with Gasteiger partial charge >= 0.3 is 0 Å². The Balaban J connectivity index is 1.93. The van der Waals surface area contributed by atoms with Crippen LogP contribution in [0.5, 0.6) is 0 Å². The van der Waals surface area contributed by atoms with Gasteiger partial charge in [0.1, 0.15) is 0 Å². The van der Waals surface area contributed by atoms with Gasteiger partial charge in [-0.1, -0.05) is 132 Å². The second kappa shape index (κ2) is 11.9. The van der Waals surface area contributed by atoms with E-state index >= 15 is 0 Å². The number of allylic oxidation sites excluding steroid dienone is 3. The molecular formula is C37H45N. The fraction of sp³-hybridized carbons (Fsp3) is 0.324. The monoisotopic (exact) mass is 503 g/mol. The van der Waals surface area contributed by atoms with Crippen LogP contribution in [-0.4, -0.2) is 5.71 Å². The van der Waals surface area contributed by atoms with Gasteiger partial charge in [0.2, 0.25) is 0 Å². The quantitative estimate of drug-likeness (QED) is 0.203. The first-order chi connectivity index (χ1) is 17.8. The maximum absolute atomic E-state index is 4.99. The van der Waals surface area contributed by atoms with Crippen molar-refractivity contribution in [3.05, 3.63) is 125 Å². The predicted molar refractivity (Wildman–Crippen MR) is 170 cm³/mol. The summed E-state index contributed by atoms with van der Waals surface area (Å²) in [6, 6.07) is 25.9. The molecule has 0 aliphatic heterocycles. The summed E-state index contributed by atoms with van der Waals surface area (Å²) in [5.41, 5.74) is 11.5. The Hall–Kier alpha value is -3.45. The summed E-state index contributed by atoms with van der Waals surface area (Å²) in [5.74, 6) is 0. The molecule has 0 aromatic heterocycles. The molecule has 38 heavy (non-hydrogen) atoms. The first-order valence-electron chi connectivity index (χ1n) is 13.7. The molecule has 0 atom stereocenters. The molecule has 3 rings (SSSR count). The van der Waals surface area contributed by atoms with Crippen molar-refractivity contribution in [3.63, 3.8) is 0 Å². The Bertz CT molecular complexity index is 1340. The molecule has 0 heterocycles. The van der Waals surface area contributed by atoms with Gasteiger partial charge < -0.3 is 0 Å². The summed E-state index contributed by atoms with van der Waals surface area (Å²) in [6.07, 6.45) is 4.00. The molecule has 1 nitrogen and oxygen atoms in total. The molecule has 0 amide bonds. The van der Waals surface area contributed by atoms with E-state index in [1.54, 1.807) is 0 Å². The molecule has 0 spiro atoms. The Morgan fingerprint density at radius 3 is 2.03 bits per heavy atom. The lowest BCUT2D eigenvalue weighted by molar-refractivity contribution is 0.488. The average molecular weight is 504 g/mol. The van der Waals surface area contributed by atoms with Crippen LogP contribution >= 0.6 is 0 Å². The highest BCUT2D eigenvalue weighted by Crippen LogP contribution is 2.40. The summed E-state index contributed by atoms with van der Waals surface area (Å²) in [6.45, 7) is 26.8. The second-order valence-electron chi connectivity index (χ2n) is 12.1. The number of aliphatic imine (C=N–C) groups is 1. The summed E-state index contributed by atoms with van der Waals surface area (Å²) < 4.78 is 0.